The van der Waals surface area contributed by atoms with Gasteiger partial charge in [0.15, 0.2) is 0 Å². The van der Waals surface area contributed by atoms with Crippen molar-refractivity contribution in [3.8, 4) is 0 Å². The van der Waals surface area contributed by atoms with Crippen molar-refractivity contribution in [1.82, 2.24) is 4.98 Å². The van der Waals surface area contributed by atoms with E-state index in [1.807, 2.05) is 38.7 Å². The molecule has 0 radical (unpaired) electrons. The van der Waals surface area contributed by atoms with Gasteiger partial charge in [-0.05, 0) is 39.3 Å². The Balaban J connectivity index is 3.12. The lowest BCUT2D eigenvalue weighted by Gasteiger charge is -2.37. The van der Waals surface area contributed by atoms with Crippen molar-refractivity contribution in [2.45, 2.75) is 33.2 Å². The third kappa shape index (κ3) is 2.95. The maximum atomic E-state index is 10.9. The zero-order valence-electron chi connectivity index (χ0n) is 10.2. The van der Waals surface area contributed by atoms with Gasteiger partial charge in [-0.2, -0.15) is 0 Å². The molecular weight excluding hydrogens is 204 g/mol. The van der Waals surface area contributed by atoms with Crippen molar-refractivity contribution in [1.29, 1.82) is 0 Å². The van der Waals surface area contributed by atoms with Gasteiger partial charge in [0.05, 0.1) is 0 Å². The number of rotatable bonds is 3. The van der Waals surface area contributed by atoms with E-state index < -0.39 is 5.97 Å². The van der Waals surface area contributed by atoms with Crippen molar-refractivity contribution in [3.63, 3.8) is 0 Å². The summed E-state index contributed by atoms with van der Waals surface area (Å²) in [5.74, 6) is -0.828. The Bertz CT molecular complexity index is 383. The quantitative estimate of drug-likeness (QED) is 0.850. The Morgan fingerprint density at radius 2 is 2.12 bits per heavy atom. The van der Waals surface area contributed by atoms with Gasteiger partial charge in [0.25, 0.3) is 0 Å². The van der Waals surface area contributed by atoms with Crippen LogP contribution < -0.4 is 4.90 Å². The van der Waals surface area contributed by atoms with Crippen LogP contribution in [0.1, 0.15) is 26.3 Å². The first-order chi connectivity index (χ1) is 7.32. The third-order valence-corrected chi connectivity index (χ3v) is 2.38. The molecule has 0 aliphatic heterocycles. The van der Waals surface area contributed by atoms with E-state index in [0.29, 0.717) is 0 Å². The average molecular weight is 222 g/mol. The molecular formula is C12H18N2O2. The summed E-state index contributed by atoms with van der Waals surface area (Å²) < 4.78 is 0. The number of aryl methyl sites for hydroxylation is 1. The Morgan fingerprint density at radius 1 is 1.50 bits per heavy atom. The van der Waals surface area contributed by atoms with Gasteiger partial charge in [0.2, 0.25) is 0 Å². The van der Waals surface area contributed by atoms with Crippen molar-refractivity contribution >= 4 is 11.7 Å². The fraction of sp³-hybridized carbons (Fsp3) is 0.500. The fourth-order valence-electron chi connectivity index (χ4n) is 1.59. The molecule has 0 aliphatic rings. The van der Waals surface area contributed by atoms with Crippen LogP contribution in [0, 0.1) is 6.92 Å². The van der Waals surface area contributed by atoms with Gasteiger partial charge in [-0.1, -0.05) is 0 Å². The summed E-state index contributed by atoms with van der Waals surface area (Å²) in [6.07, 6.45) is 3.43. The van der Waals surface area contributed by atoms with Crippen LogP contribution in [-0.2, 0) is 4.79 Å². The minimum absolute atomic E-state index is 0.00560. The molecule has 1 N–H and O–H groups in total. The van der Waals surface area contributed by atoms with Crippen LogP contribution in [0.4, 0.5) is 5.69 Å². The standard InChI is InChI=1S/C12H18N2O2/c1-9-7-13-6-5-10(9)14(8-11(15)16)12(2,3)4/h5-7H,8H2,1-4H3,(H,15,16). The first kappa shape index (κ1) is 12.5. The summed E-state index contributed by atoms with van der Waals surface area (Å²) in [6, 6.07) is 1.85. The van der Waals surface area contributed by atoms with E-state index in [9.17, 15) is 4.79 Å². The maximum Gasteiger partial charge on any atom is 0.323 e. The van der Waals surface area contributed by atoms with E-state index >= 15 is 0 Å². The highest BCUT2D eigenvalue weighted by molar-refractivity contribution is 5.74. The second kappa shape index (κ2) is 4.51. The predicted molar refractivity (Wildman–Crippen MR) is 63.7 cm³/mol. The second-order valence-electron chi connectivity index (χ2n) is 4.81. The molecule has 0 unspecified atom stereocenters. The molecule has 0 aromatic carbocycles. The molecule has 1 heterocycles. The molecule has 0 bridgehead atoms. The number of carbonyl (C=O) groups is 1. The van der Waals surface area contributed by atoms with Crippen LogP contribution in [0.2, 0.25) is 0 Å². The summed E-state index contributed by atoms with van der Waals surface area (Å²) in [7, 11) is 0. The Kier molecular flexibility index (Phi) is 3.52. The topological polar surface area (TPSA) is 53.4 Å². The van der Waals surface area contributed by atoms with Crippen LogP contribution in [0.3, 0.4) is 0 Å². The highest BCUT2D eigenvalue weighted by Crippen LogP contribution is 2.25. The van der Waals surface area contributed by atoms with Gasteiger partial charge in [0, 0.05) is 23.6 Å². The normalized spacial score (nSPS) is 11.2. The minimum Gasteiger partial charge on any atom is -0.480 e. The Hall–Kier alpha value is -1.58. The Labute approximate surface area is 95.9 Å². The van der Waals surface area contributed by atoms with Crippen LogP contribution in [0.5, 0.6) is 0 Å². The smallest absolute Gasteiger partial charge is 0.323 e. The fourth-order valence-corrected chi connectivity index (χ4v) is 1.59. The van der Waals surface area contributed by atoms with Gasteiger partial charge < -0.3 is 10.0 Å². The summed E-state index contributed by atoms with van der Waals surface area (Å²) in [6.45, 7) is 7.92. The summed E-state index contributed by atoms with van der Waals surface area (Å²) in [4.78, 5) is 16.8. The van der Waals surface area contributed by atoms with Crippen LogP contribution in [0.15, 0.2) is 18.5 Å². The molecule has 1 rings (SSSR count). The lowest BCUT2D eigenvalue weighted by molar-refractivity contribution is -0.135. The number of carboxylic acid groups (broad SMARTS) is 1. The van der Waals surface area contributed by atoms with Crippen LogP contribution >= 0.6 is 0 Å². The maximum absolute atomic E-state index is 10.9. The molecule has 4 heteroatoms. The SMILES string of the molecule is Cc1cnccc1N(CC(=O)O)C(C)(C)C. The highest BCUT2D eigenvalue weighted by atomic mass is 16.4. The molecule has 0 aliphatic carbocycles. The van der Waals surface area contributed by atoms with Crippen LogP contribution in [0.25, 0.3) is 0 Å². The molecule has 1 aromatic heterocycles. The van der Waals surface area contributed by atoms with Crippen molar-refractivity contribution in [2.75, 3.05) is 11.4 Å². The molecule has 16 heavy (non-hydrogen) atoms. The molecule has 88 valence electrons. The molecule has 4 nitrogen and oxygen atoms in total. The number of carboxylic acids is 1. The molecule has 0 amide bonds. The number of pyridine rings is 1. The number of hydrogen-bond acceptors (Lipinski definition) is 3. The first-order valence-electron chi connectivity index (χ1n) is 5.22. The van der Waals surface area contributed by atoms with Gasteiger partial charge in [-0.3, -0.25) is 9.78 Å². The number of anilines is 1. The van der Waals surface area contributed by atoms with Gasteiger partial charge in [0.1, 0.15) is 6.54 Å². The number of hydrogen-bond donors (Lipinski definition) is 1. The third-order valence-electron chi connectivity index (χ3n) is 2.38. The summed E-state index contributed by atoms with van der Waals surface area (Å²) >= 11 is 0. The molecule has 0 atom stereocenters. The van der Waals surface area contributed by atoms with E-state index in [-0.39, 0.29) is 12.1 Å². The number of nitrogens with zero attached hydrogens (tertiary/aromatic N) is 2. The summed E-state index contributed by atoms with van der Waals surface area (Å²) in [5.41, 5.74) is 1.67. The molecule has 0 saturated heterocycles. The zero-order chi connectivity index (χ0) is 12.3. The van der Waals surface area contributed by atoms with E-state index in [4.69, 9.17) is 5.11 Å². The molecule has 0 saturated carbocycles. The van der Waals surface area contributed by atoms with E-state index in [2.05, 4.69) is 4.98 Å². The zero-order valence-corrected chi connectivity index (χ0v) is 10.2. The first-order valence-corrected chi connectivity index (χ1v) is 5.22. The highest BCUT2D eigenvalue weighted by Gasteiger charge is 2.24. The molecule has 0 fully saturated rings. The van der Waals surface area contributed by atoms with Gasteiger partial charge in [-0.25, -0.2) is 0 Å². The summed E-state index contributed by atoms with van der Waals surface area (Å²) in [5, 5.41) is 8.94. The largest absolute Gasteiger partial charge is 0.480 e. The lowest BCUT2D eigenvalue weighted by Crippen LogP contribution is -2.45. The predicted octanol–water partition coefficient (Wildman–Crippen LogP) is 2.08. The van der Waals surface area contributed by atoms with Crippen molar-refractivity contribution < 1.29 is 9.90 Å². The van der Waals surface area contributed by atoms with E-state index in [1.165, 1.54) is 0 Å². The average Bonchev–Trinajstić information content (AvgIpc) is 2.13. The number of aliphatic carboxylic acids is 1. The molecule has 0 spiro atoms. The van der Waals surface area contributed by atoms with Crippen molar-refractivity contribution in [2.24, 2.45) is 0 Å². The Morgan fingerprint density at radius 3 is 2.56 bits per heavy atom. The monoisotopic (exact) mass is 222 g/mol. The van der Waals surface area contributed by atoms with E-state index in [0.717, 1.165) is 11.3 Å². The lowest BCUT2D eigenvalue weighted by atomic mass is 10.0. The van der Waals surface area contributed by atoms with Crippen molar-refractivity contribution in [3.05, 3.63) is 24.0 Å². The molecule has 1 aromatic rings. The second-order valence-corrected chi connectivity index (χ2v) is 4.81. The minimum atomic E-state index is -0.828. The van der Waals surface area contributed by atoms with E-state index in [1.54, 1.807) is 12.4 Å². The van der Waals surface area contributed by atoms with Gasteiger partial charge >= 0.3 is 5.97 Å². The number of aromatic nitrogens is 1. The van der Waals surface area contributed by atoms with Crippen LogP contribution in [-0.4, -0.2) is 28.1 Å². The van der Waals surface area contributed by atoms with Gasteiger partial charge in [-0.15, -0.1) is 0 Å².